The van der Waals surface area contributed by atoms with Crippen LogP contribution in [0.4, 0.5) is 14.6 Å². The molecule has 2 N–H and O–H groups in total. The average Bonchev–Trinajstić information content (AvgIpc) is 2.82. The Labute approximate surface area is 112 Å². The first-order valence-electron chi connectivity index (χ1n) is 5.64. The second-order valence-electron chi connectivity index (χ2n) is 4.03. The predicted molar refractivity (Wildman–Crippen MR) is 67.3 cm³/mol. The summed E-state index contributed by atoms with van der Waals surface area (Å²) in [7, 11) is 0. The normalized spacial score (nSPS) is 10.7. The summed E-state index contributed by atoms with van der Waals surface area (Å²) in [5.41, 5.74) is 6.63. The first-order valence-corrected chi connectivity index (χ1v) is 5.64. The molecule has 0 radical (unpaired) electrons. The number of rotatable bonds is 2. The molecular weight excluding hydrogens is 266 g/mol. The van der Waals surface area contributed by atoms with Gasteiger partial charge in [-0.3, -0.25) is 0 Å². The van der Waals surface area contributed by atoms with Gasteiger partial charge in [-0.15, -0.1) is 0 Å². The van der Waals surface area contributed by atoms with E-state index in [-0.39, 0.29) is 22.7 Å². The number of benzene rings is 1. The van der Waals surface area contributed by atoms with Crippen molar-refractivity contribution in [2.75, 3.05) is 5.73 Å². The first kappa shape index (κ1) is 12.2. The van der Waals surface area contributed by atoms with Crippen LogP contribution in [-0.2, 0) is 0 Å². The van der Waals surface area contributed by atoms with Crippen LogP contribution in [0.1, 0.15) is 0 Å². The van der Waals surface area contributed by atoms with Crippen molar-refractivity contribution < 1.29 is 13.3 Å². The number of aromatic nitrogens is 3. The molecule has 0 spiro atoms. The van der Waals surface area contributed by atoms with Crippen LogP contribution in [0, 0.1) is 11.6 Å². The van der Waals surface area contributed by atoms with Crippen LogP contribution in [0.15, 0.2) is 41.2 Å². The first-order chi connectivity index (χ1) is 9.66. The van der Waals surface area contributed by atoms with Gasteiger partial charge in [-0.05, 0) is 18.2 Å². The van der Waals surface area contributed by atoms with Gasteiger partial charge in [-0.25, -0.2) is 8.78 Å². The van der Waals surface area contributed by atoms with Crippen molar-refractivity contribution in [2.24, 2.45) is 0 Å². The van der Waals surface area contributed by atoms with Crippen molar-refractivity contribution in [1.82, 2.24) is 15.4 Å². The molecule has 2 heterocycles. The zero-order valence-corrected chi connectivity index (χ0v) is 10.0. The molecule has 0 aliphatic carbocycles. The lowest BCUT2D eigenvalue weighted by Gasteiger charge is -2.04. The molecular formula is C13H8F2N4O. The molecule has 3 aromatic rings. The molecule has 3 rings (SSSR count). The van der Waals surface area contributed by atoms with E-state index in [0.29, 0.717) is 5.56 Å². The minimum atomic E-state index is -0.747. The Balaban J connectivity index is 2.22. The quantitative estimate of drug-likeness (QED) is 0.777. The van der Waals surface area contributed by atoms with Crippen LogP contribution < -0.4 is 5.73 Å². The Morgan fingerprint density at radius 2 is 1.95 bits per heavy atom. The summed E-state index contributed by atoms with van der Waals surface area (Å²) in [5, 5.41) is 11.0. The van der Waals surface area contributed by atoms with Gasteiger partial charge in [0.05, 0.1) is 18.0 Å². The summed E-state index contributed by atoms with van der Waals surface area (Å²) in [6.45, 7) is 0. The van der Waals surface area contributed by atoms with Gasteiger partial charge in [-0.1, -0.05) is 5.16 Å². The van der Waals surface area contributed by atoms with Gasteiger partial charge in [-0.2, -0.15) is 10.2 Å². The smallest absolute Gasteiger partial charge is 0.178 e. The van der Waals surface area contributed by atoms with Gasteiger partial charge in [0.1, 0.15) is 11.6 Å². The van der Waals surface area contributed by atoms with Gasteiger partial charge in [0.25, 0.3) is 0 Å². The van der Waals surface area contributed by atoms with Crippen LogP contribution in [-0.4, -0.2) is 15.4 Å². The predicted octanol–water partition coefficient (Wildman–Crippen LogP) is 2.66. The van der Waals surface area contributed by atoms with Crippen LogP contribution >= 0.6 is 0 Å². The number of anilines is 1. The van der Waals surface area contributed by atoms with E-state index >= 15 is 0 Å². The molecule has 0 bridgehead atoms. The number of hydrogen-bond donors (Lipinski definition) is 1. The topological polar surface area (TPSA) is 77.8 Å². The van der Waals surface area contributed by atoms with Crippen molar-refractivity contribution >= 4 is 5.82 Å². The molecule has 2 aromatic heterocycles. The highest BCUT2D eigenvalue weighted by atomic mass is 19.1. The average molecular weight is 274 g/mol. The summed E-state index contributed by atoms with van der Waals surface area (Å²) in [5.74, 6) is -1.15. The number of nitrogen functional groups attached to an aromatic ring is 1. The highest BCUT2D eigenvalue weighted by Crippen LogP contribution is 2.37. The number of hydrogen-bond acceptors (Lipinski definition) is 5. The Morgan fingerprint density at radius 1 is 1.10 bits per heavy atom. The second kappa shape index (κ2) is 4.69. The maximum atomic E-state index is 13.9. The van der Waals surface area contributed by atoms with Gasteiger partial charge < -0.3 is 10.3 Å². The maximum Gasteiger partial charge on any atom is 0.178 e. The van der Waals surface area contributed by atoms with Crippen LogP contribution in [0.3, 0.4) is 0 Å². The molecule has 20 heavy (non-hydrogen) atoms. The van der Waals surface area contributed by atoms with E-state index < -0.39 is 11.6 Å². The van der Waals surface area contributed by atoms with Crippen molar-refractivity contribution in [3.8, 4) is 22.5 Å². The monoisotopic (exact) mass is 274 g/mol. The van der Waals surface area contributed by atoms with Crippen molar-refractivity contribution in [2.45, 2.75) is 0 Å². The summed E-state index contributed by atoms with van der Waals surface area (Å²) >= 11 is 0. The summed E-state index contributed by atoms with van der Waals surface area (Å²) < 4.78 is 32.0. The van der Waals surface area contributed by atoms with E-state index in [2.05, 4.69) is 15.4 Å². The molecule has 1 aromatic carbocycles. The van der Waals surface area contributed by atoms with Crippen LogP contribution in [0.5, 0.6) is 0 Å². The minimum Gasteiger partial charge on any atom is -0.380 e. The second-order valence-corrected chi connectivity index (χ2v) is 4.03. The van der Waals surface area contributed by atoms with Gasteiger partial charge in [0.2, 0.25) is 0 Å². The van der Waals surface area contributed by atoms with E-state index in [1.807, 2.05) is 0 Å². The van der Waals surface area contributed by atoms with E-state index in [1.165, 1.54) is 18.5 Å². The molecule has 0 saturated heterocycles. The highest BCUT2D eigenvalue weighted by molar-refractivity contribution is 5.86. The van der Waals surface area contributed by atoms with Crippen molar-refractivity contribution in [1.29, 1.82) is 0 Å². The molecule has 5 nitrogen and oxygen atoms in total. The lowest BCUT2D eigenvalue weighted by molar-refractivity contribution is 0.436. The van der Waals surface area contributed by atoms with Crippen molar-refractivity contribution in [3.05, 3.63) is 48.3 Å². The number of nitrogens with zero attached hydrogens (tertiary/aromatic N) is 3. The third-order valence-corrected chi connectivity index (χ3v) is 2.77. The Bertz CT molecular complexity index is 758. The maximum absolute atomic E-state index is 13.9. The molecule has 0 aliphatic heterocycles. The fourth-order valence-corrected chi connectivity index (χ4v) is 1.88. The van der Waals surface area contributed by atoms with E-state index in [0.717, 1.165) is 12.1 Å². The molecule has 0 amide bonds. The molecule has 0 unspecified atom stereocenters. The SMILES string of the molecule is Nc1noc(-c2ccnnc2)c1-c1ccc(F)cc1F. The zero-order chi connectivity index (χ0) is 14.1. The third kappa shape index (κ3) is 1.99. The number of nitrogens with two attached hydrogens (primary N) is 1. The summed E-state index contributed by atoms with van der Waals surface area (Å²) in [6.07, 6.45) is 2.89. The molecule has 100 valence electrons. The Hall–Kier alpha value is -2.83. The van der Waals surface area contributed by atoms with Crippen LogP contribution in [0.25, 0.3) is 22.5 Å². The Kier molecular flexibility index (Phi) is 2.86. The highest BCUT2D eigenvalue weighted by Gasteiger charge is 2.20. The standard InChI is InChI=1S/C13H8F2N4O/c14-8-1-2-9(10(15)5-8)11-12(20-19-13(11)16)7-3-4-17-18-6-7/h1-6H,(H2,16,19). The molecule has 0 atom stereocenters. The molecule has 0 saturated carbocycles. The number of halogens is 2. The van der Waals surface area contributed by atoms with Gasteiger partial charge in [0.15, 0.2) is 11.6 Å². The largest absolute Gasteiger partial charge is 0.380 e. The lowest BCUT2D eigenvalue weighted by atomic mass is 10.0. The van der Waals surface area contributed by atoms with Crippen molar-refractivity contribution in [3.63, 3.8) is 0 Å². The minimum absolute atomic E-state index is 0.0160. The van der Waals surface area contributed by atoms with Gasteiger partial charge >= 0.3 is 0 Å². The molecule has 7 heteroatoms. The lowest BCUT2D eigenvalue weighted by Crippen LogP contribution is -1.93. The summed E-state index contributed by atoms with van der Waals surface area (Å²) in [6, 6.07) is 4.82. The zero-order valence-electron chi connectivity index (χ0n) is 10.0. The third-order valence-electron chi connectivity index (χ3n) is 2.77. The Morgan fingerprint density at radius 3 is 2.65 bits per heavy atom. The summed E-state index contributed by atoms with van der Waals surface area (Å²) in [4.78, 5) is 0. The fraction of sp³-hybridized carbons (Fsp3) is 0. The van der Waals surface area contributed by atoms with E-state index in [9.17, 15) is 8.78 Å². The fourth-order valence-electron chi connectivity index (χ4n) is 1.88. The van der Waals surface area contributed by atoms with Gasteiger partial charge in [0, 0.05) is 17.2 Å². The molecule has 0 aliphatic rings. The molecule has 0 fully saturated rings. The van der Waals surface area contributed by atoms with E-state index in [1.54, 1.807) is 6.07 Å². The van der Waals surface area contributed by atoms with E-state index in [4.69, 9.17) is 10.3 Å². The van der Waals surface area contributed by atoms with Crippen LogP contribution in [0.2, 0.25) is 0 Å².